The molecule has 20 heavy (non-hydrogen) atoms. The second kappa shape index (κ2) is 5.84. The summed E-state index contributed by atoms with van der Waals surface area (Å²) in [7, 11) is 0. The van der Waals surface area contributed by atoms with Crippen LogP contribution in [0.5, 0.6) is 0 Å². The molecule has 0 radical (unpaired) electrons. The summed E-state index contributed by atoms with van der Waals surface area (Å²) in [5.74, 6) is 0. The third-order valence-corrected chi connectivity index (χ3v) is 3.45. The lowest BCUT2D eigenvalue weighted by atomic mass is 10.2. The molecule has 0 bridgehead atoms. The first-order valence-electron chi connectivity index (χ1n) is 6.91. The van der Waals surface area contributed by atoms with Crippen LogP contribution in [0.15, 0.2) is 54.6 Å². The summed E-state index contributed by atoms with van der Waals surface area (Å²) in [6, 6.07) is 18.6. The van der Waals surface area contributed by atoms with Crippen molar-refractivity contribution in [2.45, 2.75) is 20.1 Å². The molecule has 4 nitrogen and oxygen atoms in total. The first-order valence-corrected chi connectivity index (χ1v) is 6.91. The minimum Gasteiger partial charge on any atom is -0.280 e. The van der Waals surface area contributed by atoms with E-state index in [0.29, 0.717) is 0 Å². The van der Waals surface area contributed by atoms with Crippen molar-refractivity contribution >= 4 is 11.0 Å². The molecule has 1 aromatic heterocycles. The van der Waals surface area contributed by atoms with E-state index in [1.165, 1.54) is 5.56 Å². The van der Waals surface area contributed by atoms with E-state index in [2.05, 4.69) is 52.5 Å². The molecule has 1 heterocycles. The van der Waals surface area contributed by atoms with Crippen LogP contribution >= 0.6 is 0 Å². The monoisotopic (exact) mass is 266 g/mol. The van der Waals surface area contributed by atoms with Crippen LogP contribution in [0.3, 0.4) is 0 Å². The Balaban J connectivity index is 1.78. The maximum absolute atomic E-state index is 4.25. The third-order valence-electron chi connectivity index (χ3n) is 3.45. The van der Waals surface area contributed by atoms with Gasteiger partial charge in [0, 0.05) is 6.54 Å². The normalized spacial score (nSPS) is 11.3. The highest BCUT2D eigenvalue weighted by Crippen LogP contribution is 2.12. The Morgan fingerprint density at radius 3 is 2.55 bits per heavy atom. The van der Waals surface area contributed by atoms with Crippen LogP contribution < -0.4 is 0 Å². The van der Waals surface area contributed by atoms with Crippen LogP contribution in [-0.2, 0) is 13.2 Å². The fraction of sp³-hybridized carbons (Fsp3) is 0.250. The molecule has 0 aliphatic heterocycles. The zero-order chi connectivity index (χ0) is 13.8. The van der Waals surface area contributed by atoms with Crippen LogP contribution in [0.25, 0.3) is 11.0 Å². The summed E-state index contributed by atoms with van der Waals surface area (Å²) in [5.41, 5.74) is 3.35. The van der Waals surface area contributed by atoms with Gasteiger partial charge in [0.25, 0.3) is 0 Å². The van der Waals surface area contributed by atoms with E-state index in [4.69, 9.17) is 0 Å². The number of benzene rings is 2. The lowest BCUT2D eigenvalue weighted by molar-refractivity contribution is 0.211. The SMILES string of the molecule is CCN(Cc1ccccc1)Cn1nnc2ccccc21. The van der Waals surface area contributed by atoms with Crippen LogP contribution in [0.2, 0.25) is 0 Å². The van der Waals surface area contributed by atoms with Crippen LogP contribution in [0, 0.1) is 0 Å². The van der Waals surface area contributed by atoms with Gasteiger partial charge in [-0.25, -0.2) is 4.68 Å². The fourth-order valence-electron chi connectivity index (χ4n) is 2.31. The molecule has 0 saturated carbocycles. The average molecular weight is 266 g/mol. The van der Waals surface area contributed by atoms with Gasteiger partial charge in [-0.2, -0.15) is 0 Å². The molecular formula is C16H18N4. The molecule has 0 aliphatic rings. The predicted molar refractivity (Wildman–Crippen MR) is 80.1 cm³/mol. The molecule has 3 rings (SSSR count). The summed E-state index contributed by atoms with van der Waals surface area (Å²) in [6.07, 6.45) is 0. The molecule has 0 saturated heterocycles. The minimum atomic E-state index is 0.756. The molecule has 0 amide bonds. The Bertz CT molecular complexity index is 675. The topological polar surface area (TPSA) is 34.0 Å². The van der Waals surface area contributed by atoms with E-state index in [1.54, 1.807) is 0 Å². The summed E-state index contributed by atoms with van der Waals surface area (Å²) < 4.78 is 1.96. The van der Waals surface area contributed by atoms with Gasteiger partial charge in [-0.3, -0.25) is 4.90 Å². The fourth-order valence-corrected chi connectivity index (χ4v) is 2.31. The minimum absolute atomic E-state index is 0.756. The molecule has 0 fully saturated rings. The van der Waals surface area contributed by atoms with E-state index >= 15 is 0 Å². The van der Waals surface area contributed by atoms with E-state index in [-0.39, 0.29) is 0 Å². The molecule has 102 valence electrons. The van der Waals surface area contributed by atoms with E-state index < -0.39 is 0 Å². The highest BCUT2D eigenvalue weighted by Gasteiger charge is 2.08. The highest BCUT2D eigenvalue weighted by molar-refractivity contribution is 5.73. The number of hydrogen-bond donors (Lipinski definition) is 0. The Morgan fingerprint density at radius 1 is 1.00 bits per heavy atom. The molecular weight excluding hydrogens is 248 g/mol. The van der Waals surface area contributed by atoms with Gasteiger partial charge in [0.15, 0.2) is 0 Å². The molecule has 0 spiro atoms. The highest BCUT2D eigenvalue weighted by atomic mass is 15.5. The van der Waals surface area contributed by atoms with Crippen molar-refractivity contribution in [1.29, 1.82) is 0 Å². The van der Waals surface area contributed by atoms with Gasteiger partial charge in [-0.05, 0) is 24.2 Å². The third kappa shape index (κ3) is 2.70. The molecule has 0 unspecified atom stereocenters. The number of hydrogen-bond acceptors (Lipinski definition) is 3. The quantitative estimate of drug-likeness (QED) is 0.712. The molecule has 4 heteroatoms. The largest absolute Gasteiger partial charge is 0.280 e. The van der Waals surface area contributed by atoms with Gasteiger partial charge in [-0.1, -0.05) is 54.6 Å². The van der Waals surface area contributed by atoms with Crippen molar-refractivity contribution in [2.24, 2.45) is 0 Å². The molecule has 3 aromatic rings. The van der Waals surface area contributed by atoms with Crippen molar-refractivity contribution in [3.05, 3.63) is 60.2 Å². The number of para-hydroxylation sites is 1. The zero-order valence-corrected chi connectivity index (χ0v) is 11.6. The van der Waals surface area contributed by atoms with Crippen molar-refractivity contribution in [3.8, 4) is 0 Å². The molecule has 0 N–H and O–H groups in total. The first kappa shape index (κ1) is 12.8. The summed E-state index contributed by atoms with van der Waals surface area (Å²) in [5, 5.41) is 8.45. The van der Waals surface area contributed by atoms with Gasteiger partial charge >= 0.3 is 0 Å². The second-order valence-corrected chi connectivity index (χ2v) is 4.85. The molecule has 0 atom stereocenters. The van der Waals surface area contributed by atoms with Gasteiger partial charge in [-0.15, -0.1) is 5.10 Å². The second-order valence-electron chi connectivity index (χ2n) is 4.85. The number of aromatic nitrogens is 3. The first-order chi connectivity index (χ1) is 9.86. The summed E-state index contributed by atoms with van der Waals surface area (Å²) in [6.45, 7) is 4.82. The van der Waals surface area contributed by atoms with Gasteiger partial charge in [0.1, 0.15) is 5.52 Å². The van der Waals surface area contributed by atoms with Crippen molar-refractivity contribution in [3.63, 3.8) is 0 Å². The Morgan fingerprint density at radius 2 is 1.75 bits per heavy atom. The van der Waals surface area contributed by atoms with Crippen molar-refractivity contribution < 1.29 is 0 Å². The number of fused-ring (bicyclic) bond motifs is 1. The predicted octanol–water partition coefficient (Wildman–Crippen LogP) is 2.91. The number of rotatable bonds is 5. The summed E-state index contributed by atoms with van der Waals surface area (Å²) in [4.78, 5) is 2.34. The van der Waals surface area contributed by atoms with Gasteiger partial charge < -0.3 is 0 Å². The zero-order valence-electron chi connectivity index (χ0n) is 11.6. The number of nitrogens with zero attached hydrogens (tertiary/aromatic N) is 4. The average Bonchev–Trinajstić information content (AvgIpc) is 2.91. The lowest BCUT2D eigenvalue weighted by Gasteiger charge is -2.20. The molecule has 0 aliphatic carbocycles. The maximum atomic E-state index is 4.25. The lowest BCUT2D eigenvalue weighted by Crippen LogP contribution is -2.26. The van der Waals surface area contributed by atoms with E-state index in [9.17, 15) is 0 Å². The van der Waals surface area contributed by atoms with Crippen LogP contribution in [0.4, 0.5) is 0 Å². The Hall–Kier alpha value is -2.20. The van der Waals surface area contributed by atoms with Gasteiger partial charge in [0.05, 0.1) is 12.2 Å². The maximum Gasteiger partial charge on any atom is 0.113 e. The summed E-state index contributed by atoms with van der Waals surface area (Å²) >= 11 is 0. The van der Waals surface area contributed by atoms with E-state index in [1.807, 2.05) is 28.9 Å². The van der Waals surface area contributed by atoms with E-state index in [0.717, 1.165) is 30.8 Å². The van der Waals surface area contributed by atoms with Crippen LogP contribution in [0.1, 0.15) is 12.5 Å². The Kier molecular flexibility index (Phi) is 3.74. The molecule has 2 aromatic carbocycles. The van der Waals surface area contributed by atoms with Crippen molar-refractivity contribution in [1.82, 2.24) is 19.9 Å². The van der Waals surface area contributed by atoms with Crippen LogP contribution in [-0.4, -0.2) is 26.4 Å². The standard InChI is InChI=1S/C16H18N4/c1-2-19(12-14-8-4-3-5-9-14)13-20-16-11-7-6-10-15(16)17-18-20/h3-11H,2,12-13H2,1H3. The van der Waals surface area contributed by atoms with Crippen molar-refractivity contribution in [2.75, 3.05) is 6.54 Å². The smallest absolute Gasteiger partial charge is 0.113 e. The van der Waals surface area contributed by atoms with Gasteiger partial charge in [0.2, 0.25) is 0 Å². The Labute approximate surface area is 118 Å².